The Morgan fingerprint density at radius 2 is 2.08 bits per heavy atom. The first kappa shape index (κ1) is 8.34. The highest BCUT2D eigenvalue weighted by molar-refractivity contribution is 5.71. The van der Waals surface area contributed by atoms with Crippen molar-refractivity contribution in [2.75, 3.05) is 19.0 Å². The van der Waals surface area contributed by atoms with Crippen molar-refractivity contribution >= 4 is 11.4 Å². The summed E-state index contributed by atoms with van der Waals surface area (Å²) in [6, 6.07) is 4.56. The van der Waals surface area contributed by atoms with Gasteiger partial charge in [-0.15, -0.1) is 0 Å². The number of rotatable bonds is 1. The fourth-order valence-electron chi connectivity index (χ4n) is 0.955. The van der Waals surface area contributed by atoms with Gasteiger partial charge < -0.3 is 10.0 Å². The Balaban J connectivity index is 3.24. The molecule has 62 valence electrons. The molecular weight excluding hydrogens is 154 g/mol. The zero-order valence-electron chi connectivity index (χ0n) is 7.02. The summed E-state index contributed by atoms with van der Waals surface area (Å²) in [6.45, 7) is 0. The highest BCUT2D eigenvalue weighted by atomic mass is 16.3. The molecule has 0 fully saturated rings. The van der Waals surface area contributed by atoms with E-state index < -0.39 is 0 Å². The first-order valence-electron chi connectivity index (χ1n) is 3.50. The van der Waals surface area contributed by atoms with Gasteiger partial charge in [-0.1, -0.05) is 0 Å². The largest absolute Gasteiger partial charge is 0.508 e. The maximum atomic E-state index is 9.13. The van der Waals surface area contributed by atoms with Gasteiger partial charge in [0.2, 0.25) is 5.39 Å². The topological polar surface area (TPSA) is 51.6 Å². The van der Waals surface area contributed by atoms with Gasteiger partial charge >= 0.3 is 5.69 Å². The summed E-state index contributed by atoms with van der Waals surface area (Å²) in [7, 11) is 3.62. The van der Waals surface area contributed by atoms with Crippen LogP contribution in [0.3, 0.4) is 0 Å². The van der Waals surface area contributed by atoms with Gasteiger partial charge in [-0.2, -0.15) is 0 Å². The van der Waals surface area contributed by atoms with Crippen LogP contribution in [0.5, 0.6) is 5.75 Å². The lowest BCUT2D eigenvalue weighted by Gasteiger charge is -2.08. The van der Waals surface area contributed by atoms with Gasteiger partial charge in [0.15, 0.2) is 4.98 Å². The van der Waals surface area contributed by atoms with Crippen molar-refractivity contribution in [3.8, 4) is 5.75 Å². The summed E-state index contributed by atoms with van der Waals surface area (Å²) >= 11 is 0. The number of hydrogen-bond donors (Lipinski definition) is 1. The van der Waals surface area contributed by atoms with Crippen LogP contribution in [0, 0.1) is 5.39 Å². The number of aromatic hydroxyl groups is 1. The Hall–Kier alpha value is -1.76. The number of phenolic OH excluding ortho intramolecular Hbond substituents is 1. The molecule has 0 aliphatic carbocycles. The third kappa shape index (κ3) is 1.45. The average Bonchev–Trinajstić information content (AvgIpc) is 2.04. The number of diazo groups is 1. The van der Waals surface area contributed by atoms with Crippen molar-refractivity contribution in [1.29, 1.82) is 5.39 Å². The Morgan fingerprint density at radius 3 is 2.58 bits per heavy atom. The molecule has 0 aliphatic rings. The van der Waals surface area contributed by atoms with Crippen LogP contribution >= 0.6 is 0 Å². The lowest BCUT2D eigenvalue weighted by molar-refractivity contribution is 0.475. The van der Waals surface area contributed by atoms with Crippen LogP contribution in [0.1, 0.15) is 0 Å². The van der Waals surface area contributed by atoms with Crippen molar-refractivity contribution in [1.82, 2.24) is 0 Å². The molecular formula is C8H10N3O+. The quantitative estimate of drug-likeness (QED) is 0.645. The van der Waals surface area contributed by atoms with E-state index in [1.165, 1.54) is 12.1 Å². The molecule has 4 nitrogen and oxygen atoms in total. The summed E-state index contributed by atoms with van der Waals surface area (Å²) < 4.78 is 0. The number of benzene rings is 1. The van der Waals surface area contributed by atoms with E-state index in [0.717, 1.165) is 0 Å². The van der Waals surface area contributed by atoms with Crippen molar-refractivity contribution in [3.63, 3.8) is 0 Å². The van der Waals surface area contributed by atoms with Crippen LogP contribution in [-0.4, -0.2) is 19.2 Å². The van der Waals surface area contributed by atoms with Gasteiger partial charge in [0.05, 0.1) is 0 Å². The average molecular weight is 164 g/mol. The minimum absolute atomic E-state index is 0.158. The minimum atomic E-state index is 0.158. The molecule has 0 aliphatic heterocycles. The molecule has 1 rings (SSSR count). The van der Waals surface area contributed by atoms with Crippen molar-refractivity contribution in [3.05, 3.63) is 23.2 Å². The highest BCUT2D eigenvalue weighted by Crippen LogP contribution is 2.30. The number of anilines is 1. The second-order valence-corrected chi connectivity index (χ2v) is 2.67. The smallest absolute Gasteiger partial charge is 0.408 e. The first-order valence-corrected chi connectivity index (χ1v) is 3.50. The van der Waals surface area contributed by atoms with Gasteiger partial charge in [-0.25, -0.2) is 0 Å². The minimum Gasteiger partial charge on any atom is -0.508 e. The van der Waals surface area contributed by atoms with Crippen LogP contribution in [0.4, 0.5) is 11.4 Å². The summed E-state index contributed by atoms with van der Waals surface area (Å²) in [5.41, 5.74) is 1.12. The van der Waals surface area contributed by atoms with Gasteiger partial charge in [-0.05, 0) is 6.07 Å². The Morgan fingerprint density at radius 1 is 1.42 bits per heavy atom. The molecule has 0 saturated carbocycles. The van der Waals surface area contributed by atoms with E-state index in [1.807, 2.05) is 14.1 Å². The van der Waals surface area contributed by atoms with E-state index in [0.29, 0.717) is 11.4 Å². The number of phenols is 1. The molecule has 0 aromatic heterocycles. The lowest BCUT2D eigenvalue weighted by atomic mass is 10.2. The van der Waals surface area contributed by atoms with E-state index in [-0.39, 0.29) is 5.75 Å². The van der Waals surface area contributed by atoms with Gasteiger partial charge in [-0.3, -0.25) is 0 Å². The monoisotopic (exact) mass is 164 g/mol. The number of nitrogens with zero attached hydrogens (tertiary/aromatic N) is 3. The summed E-state index contributed by atoms with van der Waals surface area (Å²) in [4.78, 5) is 4.84. The molecule has 1 aromatic rings. The van der Waals surface area contributed by atoms with Crippen molar-refractivity contribution in [2.24, 2.45) is 0 Å². The second kappa shape index (κ2) is 3.09. The predicted octanol–water partition coefficient (Wildman–Crippen LogP) is 1.94. The molecule has 0 saturated heterocycles. The fourth-order valence-corrected chi connectivity index (χ4v) is 0.955. The normalized spacial score (nSPS) is 9.08. The molecule has 1 N–H and O–H groups in total. The van der Waals surface area contributed by atoms with Crippen LogP contribution < -0.4 is 4.90 Å². The zero-order valence-corrected chi connectivity index (χ0v) is 7.02. The van der Waals surface area contributed by atoms with Crippen molar-refractivity contribution < 1.29 is 5.11 Å². The van der Waals surface area contributed by atoms with Gasteiger partial charge in [0.25, 0.3) is 0 Å². The van der Waals surface area contributed by atoms with Crippen molar-refractivity contribution in [2.45, 2.75) is 0 Å². The molecule has 0 amide bonds. The van der Waals surface area contributed by atoms with Gasteiger partial charge in [0.1, 0.15) is 11.4 Å². The highest BCUT2D eigenvalue weighted by Gasteiger charge is 2.15. The standard InChI is InChI=1S/C8H9N3O/c1-11(2)8-5-6(12)3-4-7(8)10-9/h3-5H,1-2H3/p+1. The molecule has 4 heteroatoms. The molecule has 0 radical (unpaired) electrons. The summed E-state index contributed by atoms with van der Waals surface area (Å²) in [6.07, 6.45) is 0. The predicted molar refractivity (Wildman–Crippen MR) is 47.2 cm³/mol. The van der Waals surface area contributed by atoms with E-state index in [4.69, 9.17) is 10.5 Å². The van der Waals surface area contributed by atoms with Crippen LogP contribution in [0.15, 0.2) is 18.2 Å². The molecule has 0 heterocycles. The lowest BCUT2D eigenvalue weighted by Crippen LogP contribution is -2.08. The van der Waals surface area contributed by atoms with Crippen LogP contribution in [0.2, 0.25) is 0 Å². The maximum Gasteiger partial charge on any atom is 0.408 e. The van der Waals surface area contributed by atoms with E-state index >= 15 is 0 Å². The Kier molecular flexibility index (Phi) is 2.15. The SMILES string of the molecule is CN(C)c1cc(O)ccc1[N+]#N. The third-order valence-electron chi connectivity index (χ3n) is 1.55. The maximum absolute atomic E-state index is 9.13. The van der Waals surface area contributed by atoms with E-state index in [9.17, 15) is 0 Å². The van der Waals surface area contributed by atoms with E-state index in [1.54, 1.807) is 11.0 Å². The molecule has 0 unspecified atom stereocenters. The second-order valence-electron chi connectivity index (χ2n) is 2.67. The molecule has 0 bridgehead atoms. The molecule has 0 atom stereocenters. The first-order chi connectivity index (χ1) is 5.65. The number of hydrogen-bond acceptors (Lipinski definition) is 3. The van der Waals surface area contributed by atoms with Crippen LogP contribution in [-0.2, 0) is 0 Å². The Bertz CT molecular complexity index is 328. The third-order valence-corrected chi connectivity index (χ3v) is 1.55. The zero-order chi connectivity index (χ0) is 9.14. The summed E-state index contributed by atoms with van der Waals surface area (Å²) in [5, 5.41) is 17.7. The van der Waals surface area contributed by atoms with Gasteiger partial charge in [0, 0.05) is 26.2 Å². The molecule has 12 heavy (non-hydrogen) atoms. The Labute approximate surface area is 70.7 Å². The summed E-state index contributed by atoms with van der Waals surface area (Å²) in [5.74, 6) is 0.158. The van der Waals surface area contributed by atoms with Crippen LogP contribution in [0.25, 0.3) is 4.98 Å². The molecule has 1 aromatic carbocycles. The van der Waals surface area contributed by atoms with E-state index in [2.05, 4.69) is 4.98 Å². The molecule has 0 spiro atoms. The fraction of sp³-hybridized carbons (Fsp3) is 0.250.